The van der Waals surface area contributed by atoms with Crippen LogP contribution in [0.5, 0.6) is 0 Å². The normalized spacial score (nSPS) is 10.2. The minimum absolute atomic E-state index is 0.352. The zero-order valence-corrected chi connectivity index (χ0v) is 11.6. The average Bonchev–Trinajstić information content (AvgIpc) is 2.37. The highest BCUT2D eigenvalue weighted by molar-refractivity contribution is 5.93. The zero-order chi connectivity index (χ0) is 14.3. The van der Waals surface area contributed by atoms with Gasteiger partial charge in [0.25, 0.3) is 0 Å². The Morgan fingerprint density at radius 1 is 1.11 bits per heavy atom. The van der Waals surface area contributed by atoms with Crippen molar-refractivity contribution in [2.24, 2.45) is 0 Å². The summed E-state index contributed by atoms with van der Waals surface area (Å²) in [5, 5.41) is 8.55. The molecule has 0 aliphatic heterocycles. The number of carbonyl (C=O) groups excluding carboxylic acids is 1. The van der Waals surface area contributed by atoms with Crippen molar-refractivity contribution >= 4 is 11.9 Å². The van der Waals surface area contributed by atoms with Crippen LogP contribution >= 0.6 is 0 Å². The molecule has 1 aromatic rings. The van der Waals surface area contributed by atoms with Crippen LogP contribution in [0.1, 0.15) is 30.9 Å². The second-order valence-electron chi connectivity index (χ2n) is 4.70. The fraction of sp³-hybridized carbons (Fsp3) is 0.467. The van der Waals surface area contributed by atoms with Gasteiger partial charge in [-0.2, -0.15) is 0 Å². The maximum absolute atomic E-state index is 11.5. The molecule has 1 rings (SSSR count). The SMILES string of the molecule is CCCc1ccc(CCN(C)C(=O)CC(=O)O)cc1. The zero-order valence-electron chi connectivity index (χ0n) is 11.6. The van der Waals surface area contributed by atoms with E-state index in [-0.39, 0.29) is 5.91 Å². The monoisotopic (exact) mass is 263 g/mol. The number of carboxylic acids is 1. The van der Waals surface area contributed by atoms with Gasteiger partial charge in [0.1, 0.15) is 6.42 Å². The van der Waals surface area contributed by atoms with Gasteiger partial charge >= 0.3 is 5.97 Å². The lowest BCUT2D eigenvalue weighted by atomic mass is 10.1. The van der Waals surface area contributed by atoms with E-state index in [1.807, 2.05) is 0 Å². The quantitative estimate of drug-likeness (QED) is 0.767. The second kappa shape index (κ2) is 7.56. The second-order valence-corrected chi connectivity index (χ2v) is 4.70. The fourth-order valence-corrected chi connectivity index (χ4v) is 1.85. The van der Waals surface area contributed by atoms with Crippen LogP contribution < -0.4 is 0 Å². The van der Waals surface area contributed by atoms with E-state index in [2.05, 4.69) is 31.2 Å². The number of amides is 1. The molecule has 0 bridgehead atoms. The Morgan fingerprint density at radius 3 is 2.11 bits per heavy atom. The lowest BCUT2D eigenvalue weighted by Crippen LogP contribution is -2.30. The molecule has 0 aliphatic carbocycles. The highest BCUT2D eigenvalue weighted by Gasteiger charge is 2.12. The predicted molar refractivity (Wildman–Crippen MR) is 74.0 cm³/mol. The van der Waals surface area contributed by atoms with Crippen molar-refractivity contribution in [2.75, 3.05) is 13.6 Å². The number of aliphatic carboxylic acids is 1. The maximum atomic E-state index is 11.5. The summed E-state index contributed by atoms with van der Waals surface area (Å²) in [5.74, 6) is -1.43. The molecule has 0 fully saturated rings. The Kier molecular flexibility index (Phi) is 6.06. The van der Waals surface area contributed by atoms with E-state index < -0.39 is 12.4 Å². The maximum Gasteiger partial charge on any atom is 0.312 e. The number of benzene rings is 1. The Labute approximate surface area is 114 Å². The van der Waals surface area contributed by atoms with Gasteiger partial charge in [0.2, 0.25) is 5.91 Å². The first-order valence-corrected chi connectivity index (χ1v) is 6.56. The van der Waals surface area contributed by atoms with Crippen LogP contribution in [-0.2, 0) is 22.4 Å². The Morgan fingerprint density at radius 2 is 1.63 bits per heavy atom. The lowest BCUT2D eigenvalue weighted by Gasteiger charge is -2.16. The van der Waals surface area contributed by atoms with Gasteiger partial charge in [0.05, 0.1) is 0 Å². The van der Waals surface area contributed by atoms with Gasteiger partial charge in [0, 0.05) is 13.6 Å². The van der Waals surface area contributed by atoms with Gasteiger partial charge in [-0.1, -0.05) is 37.6 Å². The molecule has 0 saturated heterocycles. The summed E-state index contributed by atoms with van der Waals surface area (Å²) < 4.78 is 0. The first kappa shape index (κ1) is 15.2. The van der Waals surface area contributed by atoms with Crippen molar-refractivity contribution < 1.29 is 14.7 Å². The smallest absolute Gasteiger partial charge is 0.312 e. The molecule has 19 heavy (non-hydrogen) atoms. The molecule has 4 heteroatoms. The number of aryl methyl sites for hydroxylation is 1. The molecule has 1 amide bonds. The molecule has 4 nitrogen and oxygen atoms in total. The summed E-state index contributed by atoms with van der Waals surface area (Å²) >= 11 is 0. The number of carbonyl (C=O) groups is 2. The van der Waals surface area contributed by atoms with Gasteiger partial charge < -0.3 is 10.0 Å². The minimum Gasteiger partial charge on any atom is -0.481 e. The molecule has 0 radical (unpaired) electrons. The summed E-state index contributed by atoms with van der Waals surface area (Å²) in [6.07, 6.45) is 2.52. The molecule has 1 aromatic carbocycles. The Hall–Kier alpha value is -1.84. The van der Waals surface area contributed by atoms with Crippen LogP contribution in [0.2, 0.25) is 0 Å². The third-order valence-corrected chi connectivity index (χ3v) is 3.03. The van der Waals surface area contributed by atoms with E-state index in [4.69, 9.17) is 5.11 Å². The van der Waals surface area contributed by atoms with E-state index in [0.717, 1.165) is 24.8 Å². The topological polar surface area (TPSA) is 57.6 Å². The van der Waals surface area contributed by atoms with Crippen LogP contribution in [0.4, 0.5) is 0 Å². The van der Waals surface area contributed by atoms with Gasteiger partial charge in [-0.3, -0.25) is 9.59 Å². The van der Waals surface area contributed by atoms with E-state index in [1.165, 1.54) is 10.5 Å². The van der Waals surface area contributed by atoms with Crippen molar-refractivity contribution in [1.82, 2.24) is 4.90 Å². The average molecular weight is 263 g/mol. The molecule has 0 saturated carbocycles. The molecule has 0 spiro atoms. The van der Waals surface area contributed by atoms with Crippen LogP contribution in [0.15, 0.2) is 24.3 Å². The van der Waals surface area contributed by atoms with Crippen molar-refractivity contribution in [2.45, 2.75) is 32.6 Å². The highest BCUT2D eigenvalue weighted by Crippen LogP contribution is 2.08. The number of hydrogen-bond acceptors (Lipinski definition) is 2. The summed E-state index contributed by atoms with van der Waals surface area (Å²) in [7, 11) is 1.64. The third kappa shape index (κ3) is 5.55. The molecular weight excluding hydrogens is 242 g/mol. The number of nitrogens with zero attached hydrogens (tertiary/aromatic N) is 1. The van der Waals surface area contributed by atoms with Crippen LogP contribution in [0, 0.1) is 0 Å². The van der Waals surface area contributed by atoms with Gasteiger partial charge in [-0.15, -0.1) is 0 Å². The molecule has 0 heterocycles. The third-order valence-electron chi connectivity index (χ3n) is 3.03. The lowest BCUT2D eigenvalue weighted by molar-refractivity contribution is -0.143. The van der Waals surface area contributed by atoms with Crippen molar-refractivity contribution in [3.8, 4) is 0 Å². The molecule has 0 aromatic heterocycles. The van der Waals surface area contributed by atoms with Crippen molar-refractivity contribution in [3.05, 3.63) is 35.4 Å². The molecule has 0 unspecified atom stereocenters. The van der Waals surface area contributed by atoms with Crippen LogP contribution in [0.25, 0.3) is 0 Å². The number of rotatable bonds is 7. The Balaban J connectivity index is 2.43. The minimum atomic E-state index is -1.08. The molecule has 1 N–H and O–H groups in total. The van der Waals surface area contributed by atoms with Crippen LogP contribution in [0.3, 0.4) is 0 Å². The standard InChI is InChI=1S/C15H21NO3/c1-3-4-12-5-7-13(8-6-12)9-10-16(2)14(17)11-15(18)19/h5-8H,3-4,9-11H2,1-2H3,(H,18,19). The molecular formula is C15H21NO3. The van der Waals surface area contributed by atoms with Crippen molar-refractivity contribution in [3.63, 3.8) is 0 Å². The first-order valence-electron chi connectivity index (χ1n) is 6.56. The van der Waals surface area contributed by atoms with Gasteiger partial charge in [-0.05, 0) is 24.0 Å². The van der Waals surface area contributed by atoms with E-state index in [1.54, 1.807) is 7.05 Å². The Bertz CT molecular complexity index is 426. The fourth-order valence-electron chi connectivity index (χ4n) is 1.85. The predicted octanol–water partition coefficient (Wildman–Crippen LogP) is 2.11. The molecule has 0 aliphatic rings. The summed E-state index contributed by atoms with van der Waals surface area (Å²) in [6.45, 7) is 2.69. The van der Waals surface area contributed by atoms with E-state index in [9.17, 15) is 9.59 Å². The summed E-state index contributed by atoms with van der Waals surface area (Å²) in [6, 6.07) is 8.36. The van der Waals surface area contributed by atoms with Crippen LogP contribution in [-0.4, -0.2) is 35.5 Å². The summed E-state index contributed by atoms with van der Waals surface area (Å²) in [4.78, 5) is 23.4. The largest absolute Gasteiger partial charge is 0.481 e. The summed E-state index contributed by atoms with van der Waals surface area (Å²) in [5.41, 5.74) is 2.48. The first-order chi connectivity index (χ1) is 9.02. The highest BCUT2D eigenvalue weighted by atomic mass is 16.4. The number of carboxylic acid groups (broad SMARTS) is 1. The van der Waals surface area contributed by atoms with E-state index in [0.29, 0.717) is 6.54 Å². The van der Waals surface area contributed by atoms with Crippen molar-refractivity contribution in [1.29, 1.82) is 0 Å². The van der Waals surface area contributed by atoms with Gasteiger partial charge in [-0.25, -0.2) is 0 Å². The molecule has 0 atom stereocenters. The number of likely N-dealkylation sites (N-methyl/N-ethyl adjacent to an activating group) is 1. The van der Waals surface area contributed by atoms with E-state index >= 15 is 0 Å². The molecule has 104 valence electrons. The van der Waals surface area contributed by atoms with Gasteiger partial charge in [0.15, 0.2) is 0 Å². The number of hydrogen-bond donors (Lipinski definition) is 1.